The Hall–Kier alpha value is -2.27. The van der Waals surface area contributed by atoms with Crippen LogP contribution in [0.4, 0.5) is 0 Å². The number of hydrogen-bond donors (Lipinski definition) is 0. The Morgan fingerprint density at radius 2 is 1.80 bits per heavy atom. The maximum Gasteiger partial charge on any atom is 0.187 e. The van der Waals surface area contributed by atoms with Gasteiger partial charge in [0.15, 0.2) is 5.78 Å². The molecule has 25 heavy (non-hydrogen) atoms. The first kappa shape index (κ1) is 17.5. The molecular formula is C20H20BrN3O. The Balaban J connectivity index is 1.64. The lowest BCUT2D eigenvalue weighted by atomic mass is 9.98. The summed E-state index contributed by atoms with van der Waals surface area (Å²) in [6, 6.07) is 17.6. The predicted octanol–water partition coefficient (Wildman–Crippen LogP) is 4.88. The molecule has 128 valence electrons. The molecule has 0 bridgehead atoms. The van der Waals surface area contributed by atoms with Crippen molar-refractivity contribution < 1.29 is 4.79 Å². The van der Waals surface area contributed by atoms with Gasteiger partial charge in [-0.1, -0.05) is 64.8 Å². The lowest BCUT2D eigenvalue weighted by molar-refractivity contribution is 0.0908. The van der Waals surface area contributed by atoms with Crippen molar-refractivity contribution in [1.29, 1.82) is 0 Å². The minimum absolute atomic E-state index is 0.0812. The van der Waals surface area contributed by atoms with Crippen molar-refractivity contribution in [3.05, 3.63) is 82.9 Å². The van der Waals surface area contributed by atoms with Crippen molar-refractivity contribution in [2.75, 3.05) is 0 Å². The summed E-state index contributed by atoms with van der Waals surface area (Å²) in [5, 5.41) is 4.19. The van der Waals surface area contributed by atoms with Crippen LogP contribution < -0.4 is 0 Å². The smallest absolute Gasteiger partial charge is 0.187 e. The van der Waals surface area contributed by atoms with E-state index >= 15 is 0 Å². The fraction of sp³-hybridized carbons (Fsp3) is 0.250. The van der Waals surface area contributed by atoms with Crippen LogP contribution >= 0.6 is 15.9 Å². The minimum Gasteiger partial charge on any atom is -0.292 e. The first-order valence-corrected chi connectivity index (χ1v) is 9.21. The second kappa shape index (κ2) is 8.72. The van der Waals surface area contributed by atoms with Gasteiger partial charge in [0.25, 0.3) is 0 Å². The molecule has 0 aliphatic heterocycles. The highest BCUT2D eigenvalue weighted by Gasteiger charge is 2.22. The van der Waals surface area contributed by atoms with Gasteiger partial charge in [-0.15, -0.1) is 0 Å². The van der Waals surface area contributed by atoms with Gasteiger partial charge in [-0.3, -0.25) is 4.79 Å². The number of hydrogen-bond acceptors (Lipinski definition) is 3. The lowest BCUT2D eigenvalue weighted by Crippen LogP contribution is -2.20. The second-order valence-corrected chi connectivity index (χ2v) is 6.91. The Kier molecular flexibility index (Phi) is 6.12. The molecule has 3 aromatic rings. The van der Waals surface area contributed by atoms with E-state index in [1.807, 2.05) is 30.3 Å². The standard InChI is InChI=1S/C20H20BrN3O/c21-18-12-10-17(11-13-18)20(25)19(24-15-22-14-23-24)9-5-4-8-16-6-2-1-3-7-16/h1-3,6-7,10-15,19H,4-5,8-9H2. The maximum absolute atomic E-state index is 12.9. The second-order valence-electron chi connectivity index (χ2n) is 5.99. The summed E-state index contributed by atoms with van der Waals surface area (Å²) < 4.78 is 2.64. The van der Waals surface area contributed by atoms with Crippen LogP contribution in [-0.2, 0) is 6.42 Å². The van der Waals surface area contributed by atoms with E-state index < -0.39 is 0 Å². The molecule has 0 amide bonds. The number of halogens is 1. The van der Waals surface area contributed by atoms with Crippen LogP contribution in [0.15, 0.2) is 71.7 Å². The van der Waals surface area contributed by atoms with Crippen LogP contribution in [0.1, 0.15) is 41.2 Å². The molecule has 0 N–H and O–H groups in total. The van der Waals surface area contributed by atoms with Gasteiger partial charge in [-0.05, 0) is 37.0 Å². The first-order chi connectivity index (χ1) is 12.2. The zero-order valence-electron chi connectivity index (χ0n) is 13.9. The van der Waals surface area contributed by atoms with Crippen molar-refractivity contribution in [2.45, 2.75) is 31.7 Å². The van der Waals surface area contributed by atoms with Crippen LogP contribution in [-0.4, -0.2) is 20.5 Å². The zero-order chi connectivity index (χ0) is 17.5. The molecule has 0 radical (unpaired) electrons. The minimum atomic E-state index is -0.306. The van der Waals surface area contributed by atoms with Gasteiger partial charge in [0.2, 0.25) is 0 Å². The first-order valence-electron chi connectivity index (χ1n) is 8.42. The normalized spacial score (nSPS) is 12.0. The van der Waals surface area contributed by atoms with E-state index in [9.17, 15) is 4.79 Å². The van der Waals surface area contributed by atoms with Crippen molar-refractivity contribution in [3.8, 4) is 0 Å². The summed E-state index contributed by atoms with van der Waals surface area (Å²) >= 11 is 3.40. The SMILES string of the molecule is O=C(c1ccc(Br)cc1)C(CCCCc1ccccc1)n1cncn1. The highest BCUT2D eigenvalue weighted by atomic mass is 79.9. The van der Waals surface area contributed by atoms with Crippen LogP contribution in [0.5, 0.6) is 0 Å². The largest absolute Gasteiger partial charge is 0.292 e. The van der Waals surface area contributed by atoms with E-state index in [0.717, 1.165) is 30.2 Å². The number of aryl methyl sites for hydroxylation is 1. The highest BCUT2D eigenvalue weighted by Crippen LogP contribution is 2.22. The van der Waals surface area contributed by atoms with Gasteiger partial charge in [0, 0.05) is 10.0 Å². The van der Waals surface area contributed by atoms with E-state index in [1.165, 1.54) is 11.9 Å². The molecule has 5 heteroatoms. The molecule has 3 rings (SSSR count). The summed E-state index contributed by atoms with van der Waals surface area (Å²) in [5.74, 6) is 0.0812. The molecule has 1 atom stereocenters. The van der Waals surface area contributed by atoms with Crippen LogP contribution in [0.2, 0.25) is 0 Å². The van der Waals surface area contributed by atoms with Gasteiger partial charge in [-0.25, -0.2) is 9.67 Å². The number of unbranched alkanes of at least 4 members (excludes halogenated alkanes) is 1. The molecular weight excluding hydrogens is 378 g/mol. The molecule has 0 aliphatic rings. The molecule has 0 spiro atoms. The zero-order valence-corrected chi connectivity index (χ0v) is 15.5. The molecule has 0 saturated carbocycles. The molecule has 0 saturated heterocycles. The third kappa shape index (κ3) is 4.86. The number of aromatic nitrogens is 3. The van der Waals surface area contributed by atoms with E-state index in [0.29, 0.717) is 5.56 Å². The molecule has 2 aromatic carbocycles. The summed E-state index contributed by atoms with van der Waals surface area (Å²) in [4.78, 5) is 16.9. The number of nitrogens with zero attached hydrogens (tertiary/aromatic N) is 3. The van der Waals surface area contributed by atoms with Crippen LogP contribution in [0.25, 0.3) is 0 Å². The molecule has 0 fully saturated rings. The Morgan fingerprint density at radius 1 is 1.04 bits per heavy atom. The molecule has 0 aliphatic carbocycles. The number of carbonyl (C=O) groups is 1. The fourth-order valence-corrected chi connectivity index (χ4v) is 3.14. The Morgan fingerprint density at radius 3 is 2.48 bits per heavy atom. The van der Waals surface area contributed by atoms with E-state index in [1.54, 1.807) is 11.0 Å². The van der Waals surface area contributed by atoms with Gasteiger partial charge in [0.05, 0.1) is 0 Å². The summed E-state index contributed by atoms with van der Waals surface area (Å²) in [6.45, 7) is 0. The lowest BCUT2D eigenvalue weighted by Gasteiger charge is -2.16. The monoisotopic (exact) mass is 397 g/mol. The number of rotatable bonds is 8. The van der Waals surface area contributed by atoms with Crippen molar-refractivity contribution in [1.82, 2.24) is 14.8 Å². The van der Waals surface area contributed by atoms with Crippen molar-refractivity contribution >= 4 is 21.7 Å². The van der Waals surface area contributed by atoms with Crippen LogP contribution in [0.3, 0.4) is 0 Å². The third-order valence-corrected chi connectivity index (χ3v) is 4.75. The van der Waals surface area contributed by atoms with Crippen LogP contribution in [0, 0.1) is 0 Å². The number of carbonyl (C=O) groups excluding carboxylic acids is 1. The third-order valence-electron chi connectivity index (χ3n) is 4.22. The van der Waals surface area contributed by atoms with E-state index in [-0.39, 0.29) is 11.8 Å². The van der Waals surface area contributed by atoms with Crippen molar-refractivity contribution in [3.63, 3.8) is 0 Å². The van der Waals surface area contributed by atoms with Gasteiger partial charge >= 0.3 is 0 Å². The average Bonchev–Trinajstić information content (AvgIpc) is 3.17. The molecule has 1 heterocycles. The Bertz CT molecular complexity index is 786. The summed E-state index contributed by atoms with van der Waals surface area (Å²) in [6.07, 6.45) is 6.89. The Labute approximate surface area is 156 Å². The predicted molar refractivity (Wildman–Crippen MR) is 102 cm³/mol. The average molecular weight is 398 g/mol. The quantitative estimate of drug-likeness (QED) is 0.402. The summed E-state index contributed by atoms with van der Waals surface area (Å²) in [7, 11) is 0. The molecule has 1 aromatic heterocycles. The highest BCUT2D eigenvalue weighted by molar-refractivity contribution is 9.10. The fourth-order valence-electron chi connectivity index (χ4n) is 2.88. The van der Waals surface area contributed by atoms with Gasteiger partial charge in [0.1, 0.15) is 18.7 Å². The van der Waals surface area contributed by atoms with E-state index in [4.69, 9.17) is 0 Å². The number of Topliss-reactive ketones (excluding diaryl/α,β-unsaturated/α-hetero) is 1. The van der Waals surface area contributed by atoms with Crippen molar-refractivity contribution in [2.24, 2.45) is 0 Å². The molecule has 4 nitrogen and oxygen atoms in total. The topological polar surface area (TPSA) is 47.8 Å². The summed E-state index contributed by atoms with van der Waals surface area (Å²) in [5.41, 5.74) is 2.03. The van der Waals surface area contributed by atoms with Gasteiger partial charge < -0.3 is 0 Å². The molecule has 1 unspecified atom stereocenters. The maximum atomic E-state index is 12.9. The van der Waals surface area contributed by atoms with E-state index in [2.05, 4.69) is 50.3 Å². The number of benzene rings is 2. The number of ketones is 1. The van der Waals surface area contributed by atoms with Gasteiger partial charge in [-0.2, -0.15) is 5.10 Å².